The van der Waals surface area contributed by atoms with E-state index in [2.05, 4.69) is 26.0 Å². The van der Waals surface area contributed by atoms with Crippen molar-refractivity contribution in [2.45, 2.75) is 199 Å². The van der Waals surface area contributed by atoms with Gasteiger partial charge >= 0.3 is 19.8 Å². The van der Waals surface area contributed by atoms with Gasteiger partial charge in [0.05, 0.1) is 46.1 Å². The van der Waals surface area contributed by atoms with Crippen LogP contribution in [0.1, 0.15) is 174 Å². The molecule has 12 nitrogen and oxygen atoms in total. The number of rotatable bonds is 38. The fourth-order valence-electron chi connectivity index (χ4n) is 7.34. The van der Waals surface area contributed by atoms with Crippen LogP contribution in [-0.2, 0) is 32.7 Å². The molecule has 0 radical (unpaired) electrons. The third-order valence-corrected chi connectivity index (χ3v) is 12.0. The van der Waals surface area contributed by atoms with E-state index in [-0.39, 0.29) is 37.9 Å². The molecule has 1 unspecified atom stereocenters. The minimum Gasteiger partial charge on any atom is -0.462 e. The maximum Gasteiger partial charge on any atom is 0.472 e. The molecule has 1 rings (SSSR count). The number of quaternary nitrogens is 1. The lowest BCUT2D eigenvalue weighted by Gasteiger charge is -2.24. The lowest BCUT2D eigenvalue weighted by Crippen LogP contribution is -2.37. The van der Waals surface area contributed by atoms with Gasteiger partial charge < -0.3 is 34.2 Å². The third kappa shape index (κ3) is 31.0. The highest BCUT2D eigenvalue weighted by Gasteiger charge is 2.39. The fourth-order valence-corrected chi connectivity index (χ4v) is 8.08. The third-order valence-electron chi connectivity index (χ3n) is 11.1. The van der Waals surface area contributed by atoms with Gasteiger partial charge in [-0.1, -0.05) is 128 Å². The first kappa shape index (κ1) is 55.4. The number of esters is 2. The Morgan fingerprint density at radius 2 is 1.29 bits per heavy atom. The van der Waals surface area contributed by atoms with Crippen molar-refractivity contribution in [2.24, 2.45) is 11.8 Å². The van der Waals surface area contributed by atoms with Crippen molar-refractivity contribution in [3.8, 4) is 0 Å². The molecule has 0 aromatic heterocycles. The minimum atomic E-state index is -4.43. The second kappa shape index (κ2) is 33.9. The molecule has 0 aliphatic heterocycles. The van der Waals surface area contributed by atoms with Crippen molar-refractivity contribution in [1.82, 2.24) is 0 Å². The summed E-state index contributed by atoms with van der Waals surface area (Å²) in [5, 5.41) is 31.4. The Bertz CT molecular complexity index is 1180. The molecule has 13 heteroatoms. The lowest BCUT2D eigenvalue weighted by molar-refractivity contribution is -0.870. The van der Waals surface area contributed by atoms with Crippen molar-refractivity contribution in [1.29, 1.82) is 0 Å². The van der Waals surface area contributed by atoms with E-state index in [1.807, 2.05) is 27.2 Å². The molecule has 0 saturated heterocycles. The molecule has 346 valence electrons. The van der Waals surface area contributed by atoms with Crippen LogP contribution in [0.3, 0.4) is 0 Å². The van der Waals surface area contributed by atoms with E-state index in [1.54, 1.807) is 6.08 Å². The van der Waals surface area contributed by atoms with Crippen LogP contribution in [0, 0.1) is 11.8 Å². The molecule has 0 aromatic rings. The van der Waals surface area contributed by atoms with Gasteiger partial charge in [0.2, 0.25) is 0 Å². The molecule has 0 aromatic carbocycles. The second-order valence-corrected chi connectivity index (χ2v) is 19.2. The second-order valence-electron chi connectivity index (χ2n) is 17.8. The van der Waals surface area contributed by atoms with Crippen LogP contribution in [0.4, 0.5) is 0 Å². The van der Waals surface area contributed by atoms with Crippen LogP contribution in [0.25, 0.3) is 0 Å². The summed E-state index contributed by atoms with van der Waals surface area (Å²) >= 11 is 0. The Balaban J connectivity index is 2.46. The number of unbranched alkanes of at least 4 members (excludes halogenated alkanes) is 16. The Labute approximate surface area is 358 Å². The molecule has 4 N–H and O–H groups in total. The number of phosphoric acid groups is 1. The highest BCUT2D eigenvalue weighted by molar-refractivity contribution is 7.47. The molecule has 0 heterocycles. The Kier molecular flexibility index (Phi) is 31.9. The van der Waals surface area contributed by atoms with E-state index < -0.39 is 50.8 Å². The quantitative estimate of drug-likeness (QED) is 0.0153. The highest BCUT2D eigenvalue weighted by Crippen LogP contribution is 2.43. The van der Waals surface area contributed by atoms with Gasteiger partial charge in [0.1, 0.15) is 19.8 Å². The van der Waals surface area contributed by atoms with Crippen LogP contribution >= 0.6 is 7.82 Å². The van der Waals surface area contributed by atoms with Gasteiger partial charge in [-0.15, -0.1) is 0 Å². The van der Waals surface area contributed by atoms with Crippen LogP contribution in [0.2, 0.25) is 0 Å². The molecule has 1 saturated carbocycles. The van der Waals surface area contributed by atoms with E-state index in [9.17, 15) is 34.4 Å². The van der Waals surface area contributed by atoms with Crippen LogP contribution in [0.5, 0.6) is 0 Å². The van der Waals surface area contributed by atoms with E-state index in [0.717, 1.165) is 83.5 Å². The largest absolute Gasteiger partial charge is 0.472 e. The minimum absolute atomic E-state index is 0.00362. The van der Waals surface area contributed by atoms with Gasteiger partial charge in [0.15, 0.2) is 6.10 Å². The van der Waals surface area contributed by atoms with Crippen molar-refractivity contribution >= 4 is 19.8 Å². The molecular weight excluding hydrogens is 773 g/mol. The summed E-state index contributed by atoms with van der Waals surface area (Å²) < 4.78 is 34.3. The summed E-state index contributed by atoms with van der Waals surface area (Å²) in [7, 11) is 1.36. The first-order valence-electron chi connectivity index (χ1n) is 23.3. The number of aliphatic hydroxyl groups excluding tert-OH is 3. The number of aliphatic hydroxyl groups is 3. The van der Waals surface area contributed by atoms with Gasteiger partial charge in [-0.3, -0.25) is 18.6 Å². The standard InChI is InChI=1S/C46H86NO11P/c1-6-8-10-11-12-13-14-15-16-17-18-19-20-21-27-31-46(52)58-40(38-57-59(53,54)56-35-34-47(3,4)5)37-55-45(51)30-26-23-22-25-29-41-42(44(50)36-43(41)49)33-32-39(48)28-24-9-7-2/h15-16,32-33,39-44,48-50H,6-14,17-31,34-38H2,1-5H3/p+1/b16-15-,33-32+/t39-,40+,41+,42+,43-,44+/m0/s1. The summed E-state index contributed by atoms with van der Waals surface area (Å²) in [5.41, 5.74) is 0. The average molecular weight is 861 g/mol. The van der Waals surface area contributed by atoms with Crippen LogP contribution < -0.4 is 0 Å². The number of likely N-dealkylation sites (N-methyl/N-ethyl adjacent to an activating group) is 1. The Morgan fingerprint density at radius 3 is 1.92 bits per heavy atom. The zero-order valence-electron chi connectivity index (χ0n) is 37.8. The summed E-state index contributed by atoms with van der Waals surface area (Å²) in [4.78, 5) is 35.6. The number of hydrogen-bond donors (Lipinski definition) is 4. The summed E-state index contributed by atoms with van der Waals surface area (Å²) in [5.74, 6) is -1.22. The Morgan fingerprint density at radius 1 is 0.729 bits per heavy atom. The fraction of sp³-hybridized carbons (Fsp3) is 0.870. The number of phosphoric ester groups is 1. The zero-order chi connectivity index (χ0) is 43.8. The molecule has 7 atom stereocenters. The van der Waals surface area contributed by atoms with Crippen molar-refractivity contribution < 1.29 is 57.4 Å². The van der Waals surface area contributed by atoms with E-state index >= 15 is 0 Å². The van der Waals surface area contributed by atoms with Gasteiger partial charge in [-0.05, 0) is 57.3 Å². The van der Waals surface area contributed by atoms with Crippen molar-refractivity contribution in [3.63, 3.8) is 0 Å². The van der Waals surface area contributed by atoms with Crippen LogP contribution in [0.15, 0.2) is 24.3 Å². The number of carbonyl (C=O) groups excluding carboxylic acids is 2. The molecule has 1 aliphatic carbocycles. The number of hydrogen-bond acceptors (Lipinski definition) is 10. The summed E-state index contributed by atoms with van der Waals surface area (Å²) in [6.45, 7) is 4.07. The van der Waals surface area contributed by atoms with E-state index in [0.29, 0.717) is 36.7 Å². The maximum atomic E-state index is 12.7. The molecular formula is C46H87NO11P+. The van der Waals surface area contributed by atoms with Gasteiger partial charge in [0, 0.05) is 25.2 Å². The van der Waals surface area contributed by atoms with Crippen molar-refractivity contribution in [2.75, 3.05) is 47.5 Å². The molecule has 1 fully saturated rings. The van der Waals surface area contributed by atoms with Gasteiger partial charge in [-0.25, -0.2) is 4.57 Å². The predicted octanol–water partition coefficient (Wildman–Crippen LogP) is 9.51. The highest BCUT2D eigenvalue weighted by atomic mass is 31.2. The molecule has 59 heavy (non-hydrogen) atoms. The number of nitrogens with zero attached hydrogens (tertiary/aromatic N) is 1. The van der Waals surface area contributed by atoms with E-state index in [1.165, 1.54) is 38.5 Å². The SMILES string of the molecule is CCCCCCCC/C=C\CCCCCCCC(=O)O[C@H](COC(=O)CCCCCC[C@@H]1[C@@H](/C=C/[C@@H](O)CCCCC)[C@H](O)C[C@@H]1O)COP(=O)(O)OCC[N+](C)(C)C. The zero-order valence-corrected chi connectivity index (χ0v) is 38.7. The van der Waals surface area contributed by atoms with E-state index in [4.69, 9.17) is 18.5 Å². The number of allylic oxidation sites excluding steroid dienone is 2. The molecule has 0 bridgehead atoms. The number of ether oxygens (including phenoxy) is 2. The van der Waals surface area contributed by atoms with Crippen molar-refractivity contribution in [3.05, 3.63) is 24.3 Å². The van der Waals surface area contributed by atoms with Gasteiger partial charge in [-0.2, -0.15) is 0 Å². The van der Waals surface area contributed by atoms with Crippen LogP contribution in [-0.4, -0.2) is 109 Å². The molecule has 0 amide bonds. The maximum absolute atomic E-state index is 12.7. The topological polar surface area (TPSA) is 169 Å². The Hall–Kier alpha value is -1.63. The normalized spacial score (nSPS) is 20.6. The summed E-state index contributed by atoms with van der Waals surface area (Å²) in [6, 6.07) is 0. The first-order chi connectivity index (χ1) is 28.2. The average Bonchev–Trinajstić information content (AvgIpc) is 3.44. The predicted molar refractivity (Wildman–Crippen MR) is 236 cm³/mol. The van der Waals surface area contributed by atoms with Gasteiger partial charge in [0.25, 0.3) is 0 Å². The molecule has 0 spiro atoms. The monoisotopic (exact) mass is 861 g/mol. The number of carbonyl (C=O) groups is 2. The smallest absolute Gasteiger partial charge is 0.462 e. The first-order valence-corrected chi connectivity index (χ1v) is 24.8. The summed E-state index contributed by atoms with van der Waals surface area (Å²) in [6.07, 6.45) is 28.6. The lowest BCUT2D eigenvalue weighted by atomic mass is 9.88. The molecule has 1 aliphatic rings.